The van der Waals surface area contributed by atoms with Crippen LogP contribution < -0.4 is 22.1 Å². The first-order chi connectivity index (χ1) is 14.0. The Hall–Kier alpha value is -2.17. The molecule has 30 heavy (non-hydrogen) atoms. The van der Waals surface area contributed by atoms with Crippen LogP contribution in [0.4, 0.5) is 4.79 Å². The van der Waals surface area contributed by atoms with Crippen molar-refractivity contribution in [3.8, 4) is 0 Å². The maximum atomic E-state index is 13.2. The summed E-state index contributed by atoms with van der Waals surface area (Å²) in [6, 6.07) is -0.0436. The highest BCUT2D eigenvalue weighted by Crippen LogP contribution is 2.41. The van der Waals surface area contributed by atoms with Crippen LogP contribution in [-0.4, -0.2) is 34.5 Å². The van der Waals surface area contributed by atoms with Gasteiger partial charge in [0.2, 0.25) is 0 Å². The Balaban J connectivity index is 1.93. The molecule has 166 valence electrons. The van der Waals surface area contributed by atoms with Crippen LogP contribution in [0.1, 0.15) is 50.6 Å². The molecule has 0 bridgehead atoms. The molecule has 1 saturated carbocycles. The summed E-state index contributed by atoms with van der Waals surface area (Å²) < 4.78 is 13.4. The van der Waals surface area contributed by atoms with Gasteiger partial charge in [0.25, 0.3) is 5.56 Å². The van der Waals surface area contributed by atoms with Crippen LogP contribution in [-0.2, 0) is 22.6 Å². The van der Waals surface area contributed by atoms with Crippen molar-refractivity contribution in [1.82, 2.24) is 20.0 Å². The SMILES string of the molecule is COCCn1c(=O)n([C@H]2C[C@@H]2C)c(=O)c2c(C)c(CNNC(=O)OC(C)(C)C)sc21. The minimum atomic E-state index is -0.595. The number of nitrogens with zero attached hydrogens (tertiary/aromatic N) is 2. The molecule has 1 aliphatic carbocycles. The molecule has 1 amide bonds. The lowest BCUT2D eigenvalue weighted by Crippen LogP contribution is -2.40. The first-order valence-electron chi connectivity index (χ1n) is 10.0. The number of aromatic nitrogens is 2. The lowest BCUT2D eigenvalue weighted by molar-refractivity contribution is 0.0497. The summed E-state index contributed by atoms with van der Waals surface area (Å²) in [6.07, 6.45) is 0.255. The molecule has 3 rings (SSSR count). The number of aryl methyl sites for hydroxylation is 1. The molecule has 0 aromatic carbocycles. The molecule has 9 nitrogen and oxygen atoms in total. The first kappa shape index (κ1) is 22.5. The zero-order chi connectivity index (χ0) is 22.2. The molecular weight excluding hydrogens is 408 g/mol. The van der Waals surface area contributed by atoms with Crippen LogP contribution in [0.2, 0.25) is 0 Å². The second-order valence-corrected chi connectivity index (χ2v) is 9.78. The molecule has 0 radical (unpaired) electrons. The molecule has 0 spiro atoms. The van der Waals surface area contributed by atoms with Gasteiger partial charge in [-0.05, 0) is 45.6 Å². The normalized spacial score (nSPS) is 18.6. The molecule has 0 unspecified atom stereocenters. The number of rotatable bonds is 7. The van der Waals surface area contributed by atoms with E-state index in [0.29, 0.717) is 35.8 Å². The van der Waals surface area contributed by atoms with E-state index in [1.54, 1.807) is 32.4 Å². The van der Waals surface area contributed by atoms with Crippen molar-refractivity contribution in [2.24, 2.45) is 5.92 Å². The van der Waals surface area contributed by atoms with E-state index in [1.165, 1.54) is 15.9 Å². The van der Waals surface area contributed by atoms with Gasteiger partial charge in [0.1, 0.15) is 10.4 Å². The number of thiophene rings is 1. The van der Waals surface area contributed by atoms with Gasteiger partial charge in [0, 0.05) is 24.6 Å². The monoisotopic (exact) mass is 438 g/mol. The number of ether oxygens (including phenoxy) is 2. The average molecular weight is 439 g/mol. The van der Waals surface area contributed by atoms with Gasteiger partial charge in [0.15, 0.2) is 0 Å². The fourth-order valence-corrected chi connectivity index (χ4v) is 4.67. The Bertz CT molecular complexity index is 1060. The van der Waals surface area contributed by atoms with E-state index in [0.717, 1.165) is 16.9 Å². The third-order valence-electron chi connectivity index (χ3n) is 5.10. The third kappa shape index (κ3) is 4.60. The zero-order valence-corrected chi connectivity index (χ0v) is 19.1. The topological polar surface area (TPSA) is 104 Å². The Kier molecular flexibility index (Phi) is 6.40. The Morgan fingerprint density at radius 2 is 1.97 bits per heavy atom. The zero-order valence-electron chi connectivity index (χ0n) is 18.3. The van der Waals surface area contributed by atoms with Crippen LogP contribution in [0.3, 0.4) is 0 Å². The molecule has 10 heteroatoms. The summed E-state index contributed by atoms with van der Waals surface area (Å²) in [5.41, 5.74) is 5.04. The largest absolute Gasteiger partial charge is 0.443 e. The fourth-order valence-electron chi connectivity index (χ4n) is 3.41. The van der Waals surface area contributed by atoms with Gasteiger partial charge in [-0.2, -0.15) is 0 Å². The number of hydrogen-bond donors (Lipinski definition) is 2. The van der Waals surface area contributed by atoms with E-state index in [1.807, 2.05) is 13.8 Å². The van der Waals surface area contributed by atoms with Crippen molar-refractivity contribution in [3.05, 3.63) is 31.3 Å². The molecule has 2 aromatic rings. The predicted octanol–water partition coefficient (Wildman–Crippen LogP) is 2.29. The van der Waals surface area contributed by atoms with E-state index in [2.05, 4.69) is 10.9 Å². The van der Waals surface area contributed by atoms with E-state index >= 15 is 0 Å². The van der Waals surface area contributed by atoms with E-state index in [-0.39, 0.29) is 17.3 Å². The van der Waals surface area contributed by atoms with Crippen LogP contribution >= 0.6 is 11.3 Å². The van der Waals surface area contributed by atoms with E-state index in [4.69, 9.17) is 9.47 Å². The van der Waals surface area contributed by atoms with Crippen molar-refractivity contribution in [1.29, 1.82) is 0 Å². The van der Waals surface area contributed by atoms with Crippen LogP contribution in [0, 0.1) is 12.8 Å². The summed E-state index contributed by atoms with van der Waals surface area (Å²) in [6.45, 7) is 10.3. The molecule has 1 aliphatic rings. The fraction of sp³-hybridized carbons (Fsp3) is 0.650. The molecule has 2 heterocycles. The summed E-state index contributed by atoms with van der Waals surface area (Å²) in [4.78, 5) is 39.6. The number of methoxy groups -OCH3 is 1. The number of hydrazine groups is 1. The standard InChI is InChI=1S/C20H30N4O5S/c1-11-9-13(11)24-16(25)15-12(2)14(10-21-22-18(26)29-20(3,4)5)30-17(15)23(19(24)27)7-8-28-6/h11,13,21H,7-10H2,1-6H3,(H,22,26)/t11-,13-/m0/s1. The maximum absolute atomic E-state index is 13.2. The van der Waals surface area contributed by atoms with Crippen LogP contribution in [0.15, 0.2) is 9.59 Å². The number of fused-ring (bicyclic) bond motifs is 1. The Labute approximate surface area is 178 Å². The first-order valence-corrected chi connectivity index (χ1v) is 10.8. The number of nitrogens with one attached hydrogen (secondary N) is 2. The van der Waals surface area contributed by atoms with Crippen molar-refractivity contribution in [3.63, 3.8) is 0 Å². The van der Waals surface area contributed by atoms with Gasteiger partial charge >= 0.3 is 11.8 Å². The molecule has 2 aromatic heterocycles. The number of carbonyl (C=O) groups is 1. The Morgan fingerprint density at radius 1 is 1.30 bits per heavy atom. The molecule has 2 N–H and O–H groups in total. The summed E-state index contributed by atoms with van der Waals surface area (Å²) in [7, 11) is 1.58. The van der Waals surface area contributed by atoms with E-state index < -0.39 is 11.7 Å². The summed E-state index contributed by atoms with van der Waals surface area (Å²) >= 11 is 1.38. The average Bonchev–Trinajstić information content (AvgIpc) is 3.24. The van der Waals surface area contributed by atoms with Crippen molar-refractivity contribution in [2.75, 3.05) is 13.7 Å². The lowest BCUT2D eigenvalue weighted by Gasteiger charge is -2.19. The maximum Gasteiger partial charge on any atom is 0.422 e. The van der Waals surface area contributed by atoms with Gasteiger partial charge in [-0.3, -0.25) is 19.4 Å². The highest BCUT2D eigenvalue weighted by atomic mass is 32.1. The van der Waals surface area contributed by atoms with Crippen LogP contribution in [0.5, 0.6) is 0 Å². The van der Waals surface area contributed by atoms with Gasteiger partial charge < -0.3 is 9.47 Å². The smallest absolute Gasteiger partial charge is 0.422 e. The highest BCUT2D eigenvalue weighted by Gasteiger charge is 2.38. The molecule has 1 fully saturated rings. The molecular formula is C20H30N4O5S. The quantitative estimate of drug-likeness (QED) is 0.643. The molecule has 2 atom stereocenters. The van der Waals surface area contributed by atoms with Gasteiger partial charge in [-0.25, -0.2) is 15.0 Å². The number of hydrogen-bond acceptors (Lipinski definition) is 7. The molecule has 0 saturated heterocycles. The van der Waals surface area contributed by atoms with Gasteiger partial charge in [-0.15, -0.1) is 11.3 Å². The van der Waals surface area contributed by atoms with Gasteiger partial charge in [-0.1, -0.05) is 6.92 Å². The lowest BCUT2D eigenvalue weighted by atomic mass is 10.2. The van der Waals surface area contributed by atoms with Gasteiger partial charge in [0.05, 0.1) is 18.5 Å². The van der Waals surface area contributed by atoms with Crippen LogP contribution in [0.25, 0.3) is 10.2 Å². The minimum Gasteiger partial charge on any atom is -0.443 e. The summed E-state index contributed by atoms with van der Waals surface area (Å²) in [5, 5.41) is 0.559. The van der Waals surface area contributed by atoms with E-state index in [9.17, 15) is 14.4 Å². The summed E-state index contributed by atoms with van der Waals surface area (Å²) in [5.74, 6) is 0.321. The number of carbonyl (C=O) groups excluding carboxylic acids is 1. The van der Waals surface area contributed by atoms with Crippen molar-refractivity contribution in [2.45, 2.75) is 65.8 Å². The molecule has 0 aliphatic heterocycles. The minimum absolute atomic E-state index is 0.0436. The third-order valence-corrected chi connectivity index (χ3v) is 6.41. The predicted molar refractivity (Wildman–Crippen MR) is 116 cm³/mol. The second kappa shape index (κ2) is 8.52. The van der Waals surface area contributed by atoms with Crippen molar-refractivity contribution < 1.29 is 14.3 Å². The number of amides is 1. The van der Waals surface area contributed by atoms with Crippen molar-refractivity contribution >= 4 is 27.6 Å². The highest BCUT2D eigenvalue weighted by molar-refractivity contribution is 7.18. The Morgan fingerprint density at radius 3 is 2.53 bits per heavy atom. The second-order valence-electron chi connectivity index (χ2n) is 8.69.